The summed E-state index contributed by atoms with van der Waals surface area (Å²) in [4.78, 5) is 42.4. The van der Waals surface area contributed by atoms with Crippen molar-refractivity contribution in [2.24, 2.45) is 11.3 Å². The highest BCUT2D eigenvalue weighted by Gasteiger charge is 2.41. The van der Waals surface area contributed by atoms with Gasteiger partial charge in [-0.25, -0.2) is 0 Å². The normalized spacial score (nSPS) is 21.7. The zero-order valence-corrected chi connectivity index (χ0v) is 23.3. The molecule has 210 valence electrons. The molecule has 39 heavy (non-hydrogen) atoms. The second-order valence-electron chi connectivity index (χ2n) is 11.4. The quantitative estimate of drug-likeness (QED) is 0.561. The number of methoxy groups -OCH3 is 2. The van der Waals surface area contributed by atoms with Gasteiger partial charge in [0.2, 0.25) is 5.91 Å². The van der Waals surface area contributed by atoms with Gasteiger partial charge in [-0.1, -0.05) is 39.0 Å². The van der Waals surface area contributed by atoms with E-state index in [9.17, 15) is 19.5 Å². The number of para-hydroxylation sites is 1. The molecular formula is C30H38N2O7. The molecule has 1 N–H and O–H groups in total. The third kappa shape index (κ3) is 6.36. The predicted octanol–water partition coefficient (Wildman–Crippen LogP) is 4.28. The number of aliphatic carboxylic acids is 1. The molecule has 0 bridgehead atoms. The van der Waals surface area contributed by atoms with Crippen molar-refractivity contribution in [3.8, 4) is 11.5 Å². The molecule has 3 atom stereocenters. The fourth-order valence-corrected chi connectivity index (χ4v) is 5.29. The molecule has 4 rings (SSSR count). The molecule has 2 aromatic carbocycles. The van der Waals surface area contributed by atoms with Gasteiger partial charge in [0.1, 0.15) is 23.7 Å². The maximum absolute atomic E-state index is 14.1. The molecule has 0 spiro atoms. The van der Waals surface area contributed by atoms with Crippen LogP contribution in [0, 0.1) is 11.3 Å². The maximum atomic E-state index is 14.1. The first kappa shape index (κ1) is 28.4. The number of likely N-dealkylation sites (tertiary alicyclic amines) is 1. The van der Waals surface area contributed by atoms with Gasteiger partial charge in [-0.3, -0.25) is 14.4 Å². The summed E-state index contributed by atoms with van der Waals surface area (Å²) in [6, 6.07) is 13.0. The Bertz CT molecular complexity index is 1220. The molecule has 2 heterocycles. The van der Waals surface area contributed by atoms with Crippen molar-refractivity contribution in [3.05, 3.63) is 53.6 Å². The number of benzene rings is 2. The molecule has 9 heteroatoms. The fraction of sp³-hybridized carbons (Fsp3) is 0.500. The minimum absolute atomic E-state index is 0.133. The lowest BCUT2D eigenvalue weighted by atomic mass is 9.94. The van der Waals surface area contributed by atoms with Gasteiger partial charge in [-0.15, -0.1) is 0 Å². The summed E-state index contributed by atoms with van der Waals surface area (Å²) in [6.07, 6.45) is -0.857. The molecule has 2 amide bonds. The lowest BCUT2D eigenvalue weighted by Crippen LogP contribution is -2.47. The highest BCUT2D eigenvalue weighted by Crippen LogP contribution is 2.43. The lowest BCUT2D eigenvalue weighted by Gasteiger charge is -2.33. The van der Waals surface area contributed by atoms with Crippen molar-refractivity contribution in [1.82, 2.24) is 4.90 Å². The molecule has 1 saturated heterocycles. The summed E-state index contributed by atoms with van der Waals surface area (Å²) in [7, 11) is 3.16. The first-order valence-electron chi connectivity index (χ1n) is 13.3. The zero-order chi connectivity index (χ0) is 28.3. The molecular weight excluding hydrogens is 500 g/mol. The molecule has 0 aliphatic carbocycles. The van der Waals surface area contributed by atoms with E-state index in [1.54, 1.807) is 24.0 Å². The molecule has 9 nitrogen and oxygen atoms in total. The van der Waals surface area contributed by atoms with E-state index in [1.165, 1.54) is 0 Å². The van der Waals surface area contributed by atoms with Crippen molar-refractivity contribution >= 4 is 23.5 Å². The Morgan fingerprint density at radius 2 is 1.82 bits per heavy atom. The molecule has 0 radical (unpaired) electrons. The number of carboxylic acids is 1. The number of rotatable bonds is 7. The molecule has 2 aliphatic heterocycles. The molecule has 0 saturated carbocycles. The van der Waals surface area contributed by atoms with E-state index < -0.39 is 24.1 Å². The summed E-state index contributed by atoms with van der Waals surface area (Å²) in [6.45, 7) is 7.14. The SMILES string of the molecule is COc1ccc2c(c1)C(c1ccccc1OC)OC(CC(=O)N1CCCC(C(=O)O)C1)C(=O)N2CC(C)(C)C. The largest absolute Gasteiger partial charge is 0.497 e. The van der Waals surface area contributed by atoms with Crippen LogP contribution in [0.5, 0.6) is 11.5 Å². The first-order valence-corrected chi connectivity index (χ1v) is 13.3. The van der Waals surface area contributed by atoms with Crippen LogP contribution in [0.4, 0.5) is 5.69 Å². The van der Waals surface area contributed by atoms with Gasteiger partial charge in [0.05, 0.1) is 32.2 Å². The number of fused-ring (bicyclic) bond motifs is 1. The predicted molar refractivity (Wildman–Crippen MR) is 146 cm³/mol. The van der Waals surface area contributed by atoms with Gasteiger partial charge in [-0.2, -0.15) is 0 Å². The number of amides is 2. The average Bonchev–Trinajstić information content (AvgIpc) is 3.02. The Morgan fingerprint density at radius 1 is 1.08 bits per heavy atom. The standard InChI is InChI=1S/C30H38N2O7/c1-30(2,3)18-32-23-13-12-20(37-4)15-22(23)27(21-10-6-7-11-24(21)38-5)39-25(28(32)34)16-26(33)31-14-8-9-19(17-31)29(35)36/h6-7,10-13,15,19,25,27H,8-9,14,16-18H2,1-5H3,(H,35,36). The van der Waals surface area contributed by atoms with E-state index in [1.807, 2.05) is 63.2 Å². The maximum Gasteiger partial charge on any atom is 0.308 e. The van der Waals surface area contributed by atoms with Gasteiger partial charge < -0.3 is 29.1 Å². The number of ether oxygens (including phenoxy) is 3. The minimum Gasteiger partial charge on any atom is -0.497 e. The third-order valence-electron chi connectivity index (χ3n) is 7.19. The Morgan fingerprint density at radius 3 is 2.49 bits per heavy atom. The number of nitrogens with zero attached hydrogens (tertiary/aromatic N) is 2. The smallest absolute Gasteiger partial charge is 0.308 e. The molecule has 1 fully saturated rings. The highest BCUT2D eigenvalue weighted by molar-refractivity contribution is 6.00. The summed E-state index contributed by atoms with van der Waals surface area (Å²) < 4.78 is 17.7. The van der Waals surface area contributed by atoms with Crippen LogP contribution >= 0.6 is 0 Å². The Hall–Kier alpha value is -3.59. The van der Waals surface area contributed by atoms with Crippen LogP contribution in [0.25, 0.3) is 0 Å². The van der Waals surface area contributed by atoms with Gasteiger partial charge in [-0.05, 0) is 42.5 Å². The molecule has 3 unspecified atom stereocenters. The van der Waals surface area contributed by atoms with E-state index in [-0.39, 0.29) is 30.2 Å². The van der Waals surface area contributed by atoms with E-state index in [0.29, 0.717) is 43.1 Å². The van der Waals surface area contributed by atoms with Crippen LogP contribution in [0.1, 0.15) is 57.3 Å². The van der Waals surface area contributed by atoms with Gasteiger partial charge in [0.15, 0.2) is 0 Å². The fourth-order valence-electron chi connectivity index (χ4n) is 5.29. The van der Waals surface area contributed by atoms with Crippen molar-refractivity contribution in [2.75, 3.05) is 38.8 Å². The van der Waals surface area contributed by atoms with Crippen molar-refractivity contribution in [2.45, 2.75) is 52.2 Å². The van der Waals surface area contributed by atoms with Crippen LogP contribution in [0.3, 0.4) is 0 Å². The van der Waals surface area contributed by atoms with Crippen LogP contribution in [-0.4, -0.2) is 67.7 Å². The zero-order valence-electron chi connectivity index (χ0n) is 23.3. The van der Waals surface area contributed by atoms with E-state index in [0.717, 1.165) is 11.1 Å². The Labute approximate surface area is 229 Å². The third-order valence-corrected chi connectivity index (χ3v) is 7.19. The monoisotopic (exact) mass is 538 g/mol. The number of hydrogen-bond donors (Lipinski definition) is 1. The van der Waals surface area contributed by atoms with Gasteiger partial charge in [0, 0.05) is 30.8 Å². The highest BCUT2D eigenvalue weighted by atomic mass is 16.5. The number of hydrogen-bond acceptors (Lipinski definition) is 6. The van der Waals surface area contributed by atoms with Gasteiger partial charge in [0.25, 0.3) is 5.91 Å². The van der Waals surface area contributed by atoms with Crippen molar-refractivity contribution < 1.29 is 33.7 Å². The molecule has 2 aliphatic rings. The number of carbonyl (C=O) groups is 3. The molecule has 0 aromatic heterocycles. The summed E-state index contributed by atoms with van der Waals surface area (Å²) >= 11 is 0. The molecule has 2 aromatic rings. The van der Waals surface area contributed by atoms with Crippen LogP contribution in [-0.2, 0) is 19.1 Å². The summed E-state index contributed by atoms with van der Waals surface area (Å²) in [5.74, 6) is -0.914. The van der Waals surface area contributed by atoms with E-state index in [2.05, 4.69) is 0 Å². The minimum atomic E-state index is -1.08. The second-order valence-corrected chi connectivity index (χ2v) is 11.4. The number of carboxylic acid groups (broad SMARTS) is 1. The van der Waals surface area contributed by atoms with Crippen molar-refractivity contribution in [1.29, 1.82) is 0 Å². The van der Waals surface area contributed by atoms with E-state index >= 15 is 0 Å². The Balaban J connectivity index is 1.78. The number of anilines is 1. The topological polar surface area (TPSA) is 106 Å². The Kier molecular flexibility index (Phi) is 8.49. The summed E-state index contributed by atoms with van der Waals surface area (Å²) in [5, 5.41) is 9.49. The first-order chi connectivity index (χ1) is 18.5. The van der Waals surface area contributed by atoms with Crippen molar-refractivity contribution in [3.63, 3.8) is 0 Å². The number of carbonyl (C=O) groups excluding carboxylic acids is 2. The van der Waals surface area contributed by atoms with Crippen LogP contribution < -0.4 is 14.4 Å². The second kappa shape index (κ2) is 11.7. The summed E-state index contributed by atoms with van der Waals surface area (Å²) in [5.41, 5.74) is 1.90. The van der Waals surface area contributed by atoms with Crippen LogP contribution in [0.2, 0.25) is 0 Å². The lowest BCUT2D eigenvalue weighted by molar-refractivity contribution is -0.148. The average molecular weight is 539 g/mol. The number of piperidine rings is 1. The van der Waals surface area contributed by atoms with E-state index in [4.69, 9.17) is 14.2 Å². The van der Waals surface area contributed by atoms with Crippen LogP contribution in [0.15, 0.2) is 42.5 Å². The van der Waals surface area contributed by atoms with Gasteiger partial charge >= 0.3 is 5.97 Å².